The number of fused-ring (bicyclic) bond motifs is 1. The first-order valence-electron chi connectivity index (χ1n) is 5.68. The first kappa shape index (κ1) is 11.1. The Balaban J connectivity index is 1.86. The number of thiazole rings is 1. The highest BCUT2D eigenvalue weighted by Crippen LogP contribution is 2.20. The number of aromatic nitrogens is 3. The maximum absolute atomic E-state index is 4.32. The van der Waals surface area contributed by atoms with E-state index in [4.69, 9.17) is 0 Å². The maximum Gasteiger partial charge on any atom is 0.156 e. The van der Waals surface area contributed by atoms with E-state index in [-0.39, 0.29) is 0 Å². The second-order valence-corrected chi connectivity index (χ2v) is 5.32. The monoisotopic (exact) mass is 256 g/mol. The first-order valence-corrected chi connectivity index (χ1v) is 6.50. The zero-order valence-electron chi connectivity index (χ0n) is 9.92. The van der Waals surface area contributed by atoms with E-state index < -0.39 is 0 Å². The normalized spacial score (nSPS) is 10.7. The molecule has 0 aliphatic carbocycles. The Kier molecular flexibility index (Phi) is 2.90. The molecule has 1 aromatic carbocycles. The van der Waals surface area contributed by atoms with Crippen LogP contribution in [0.1, 0.15) is 9.88 Å². The summed E-state index contributed by atoms with van der Waals surface area (Å²) in [6.07, 6.45) is 3.66. The van der Waals surface area contributed by atoms with Gasteiger partial charge in [-0.3, -0.25) is 0 Å². The molecule has 0 radical (unpaired) electrons. The topological polar surface area (TPSA) is 50.7 Å². The van der Waals surface area contributed by atoms with Gasteiger partial charge in [-0.05, 0) is 6.92 Å². The summed E-state index contributed by atoms with van der Waals surface area (Å²) in [7, 11) is 0. The molecule has 0 unspecified atom stereocenters. The number of hydrogen-bond acceptors (Lipinski definition) is 5. The molecule has 5 heteroatoms. The van der Waals surface area contributed by atoms with Crippen molar-refractivity contribution in [2.75, 3.05) is 5.32 Å². The third-order valence-corrected chi connectivity index (χ3v) is 3.56. The zero-order valence-corrected chi connectivity index (χ0v) is 10.7. The van der Waals surface area contributed by atoms with Crippen LogP contribution in [0, 0.1) is 6.92 Å². The summed E-state index contributed by atoms with van der Waals surface area (Å²) >= 11 is 1.69. The highest BCUT2D eigenvalue weighted by molar-refractivity contribution is 7.11. The minimum atomic E-state index is 0.682. The van der Waals surface area contributed by atoms with Crippen LogP contribution in [-0.4, -0.2) is 15.2 Å². The smallest absolute Gasteiger partial charge is 0.156 e. The minimum Gasteiger partial charge on any atom is -0.362 e. The Hall–Kier alpha value is -2.01. The molecule has 0 atom stereocenters. The van der Waals surface area contributed by atoms with Gasteiger partial charge >= 0.3 is 0 Å². The number of benzene rings is 1. The number of anilines is 1. The van der Waals surface area contributed by atoms with Crippen LogP contribution in [0.3, 0.4) is 0 Å². The van der Waals surface area contributed by atoms with E-state index in [1.807, 2.05) is 30.5 Å². The summed E-state index contributed by atoms with van der Waals surface area (Å²) in [6.45, 7) is 2.74. The molecule has 0 amide bonds. The number of rotatable bonds is 3. The zero-order chi connectivity index (χ0) is 12.4. The SMILES string of the molecule is Cc1cnc(CNc2nncc3ccccc23)s1. The second kappa shape index (κ2) is 4.70. The molecular formula is C13H12N4S. The Morgan fingerprint density at radius 2 is 2.11 bits per heavy atom. The van der Waals surface area contributed by atoms with Crippen molar-refractivity contribution >= 4 is 27.9 Å². The van der Waals surface area contributed by atoms with Crippen LogP contribution in [0.4, 0.5) is 5.82 Å². The van der Waals surface area contributed by atoms with Gasteiger partial charge in [0, 0.05) is 21.8 Å². The lowest BCUT2D eigenvalue weighted by Crippen LogP contribution is -2.02. The van der Waals surface area contributed by atoms with Gasteiger partial charge in [-0.25, -0.2) is 4.98 Å². The van der Waals surface area contributed by atoms with Gasteiger partial charge in [0.15, 0.2) is 5.82 Å². The van der Waals surface area contributed by atoms with Crippen molar-refractivity contribution in [3.63, 3.8) is 0 Å². The van der Waals surface area contributed by atoms with Crippen LogP contribution >= 0.6 is 11.3 Å². The lowest BCUT2D eigenvalue weighted by molar-refractivity contribution is 1.01. The molecule has 0 spiro atoms. The van der Waals surface area contributed by atoms with E-state index in [1.54, 1.807) is 17.5 Å². The van der Waals surface area contributed by atoms with E-state index >= 15 is 0 Å². The molecule has 1 N–H and O–H groups in total. The lowest BCUT2D eigenvalue weighted by Gasteiger charge is -2.05. The Morgan fingerprint density at radius 3 is 2.94 bits per heavy atom. The summed E-state index contributed by atoms with van der Waals surface area (Å²) in [5.74, 6) is 0.806. The highest BCUT2D eigenvalue weighted by Gasteiger charge is 2.04. The molecule has 3 aromatic rings. The van der Waals surface area contributed by atoms with Crippen LogP contribution < -0.4 is 5.32 Å². The molecule has 0 bridgehead atoms. The van der Waals surface area contributed by atoms with Crippen molar-refractivity contribution in [2.45, 2.75) is 13.5 Å². The van der Waals surface area contributed by atoms with Gasteiger partial charge in [-0.2, -0.15) is 5.10 Å². The van der Waals surface area contributed by atoms with E-state index in [1.165, 1.54) is 4.88 Å². The average molecular weight is 256 g/mol. The predicted octanol–water partition coefficient (Wildman–Crippen LogP) is 3.01. The molecule has 2 heterocycles. The third kappa shape index (κ3) is 2.17. The fraction of sp³-hybridized carbons (Fsp3) is 0.154. The van der Waals surface area contributed by atoms with Crippen molar-refractivity contribution < 1.29 is 0 Å². The summed E-state index contributed by atoms with van der Waals surface area (Å²) in [5, 5.41) is 14.7. The van der Waals surface area contributed by atoms with Gasteiger partial charge in [-0.1, -0.05) is 24.3 Å². The molecule has 0 saturated heterocycles. The van der Waals surface area contributed by atoms with E-state index in [2.05, 4.69) is 27.4 Å². The highest BCUT2D eigenvalue weighted by atomic mass is 32.1. The summed E-state index contributed by atoms with van der Waals surface area (Å²) in [6, 6.07) is 8.07. The molecule has 0 fully saturated rings. The van der Waals surface area contributed by atoms with Crippen molar-refractivity contribution in [1.82, 2.24) is 15.2 Å². The molecule has 0 aliphatic rings. The standard InChI is InChI=1S/C13H12N4S/c1-9-6-14-12(18-9)8-15-13-11-5-3-2-4-10(11)7-16-17-13/h2-7H,8H2,1H3,(H,15,17). The van der Waals surface area contributed by atoms with Gasteiger partial charge in [0.2, 0.25) is 0 Å². The number of aryl methyl sites for hydroxylation is 1. The average Bonchev–Trinajstić information content (AvgIpc) is 2.82. The van der Waals surface area contributed by atoms with Gasteiger partial charge in [-0.15, -0.1) is 16.4 Å². The molecule has 0 aliphatic heterocycles. The fourth-order valence-electron chi connectivity index (χ4n) is 1.80. The van der Waals surface area contributed by atoms with Crippen molar-refractivity contribution in [2.24, 2.45) is 0 Å². The molecule has 2 aromatic heterocycles. The van der Waals surface area contributed by atoms with Crippen LogP contribution in [0.15, 0.2) is 36.7 Å². The van der Waals surface area contributed by atoms with Crippen LogP contribution in [0.25, 0.3) is 10.8 Å². The largest absolute Gasteiger partial charge is 0.362 e. The summed E-state index contributed by atoms with van der Waals surface area (Å²) in [4.78, 5) is 5.54. The van der Waals surface area contributed by atoms with Crippen molar-refractivity contribution in [1.29, 1.82) is 0 Å². The molecule has 90 valence electrons. The molecule has 3 rings (SSSR count). The Morgan fingerprint density at radius 1 is 1.22 bits per heavy atom. The molecule has 18 heavy (non-hydrogen) atoms. The van der Waals surface area contributed by atoms with Gasteiger partial charge in [0.1, 0.15) is 5.01 Å². The number of hydrogen-bond donors (Lipinski definition) is 1. The van der Waals surface area contributed by atoms with E-state index in [0.717, 1.165) is 21.6 Å². The molecule has 0 saturated carbocycles. The summed E-state index contributed by atoms with van der Waals surface area (Å²) < 4.78 is 0. The van der Waals surface area contributed by atoms with Gasteiger partial charge < -0.3 is 5.32 Å². The van der Waals surface area contributed by atoms with E-state index in [9.17, 15) is 0 Å². The number of nitrogens with one attached hydrogen (secondary N) is 1. The van der Waals surface area contributed by atoms with Crippen LogP contribution in [-0.2, 0) is 6.54 Å². The van der Waals surface area contributed by atoms with Crippen LogP contribution in [0.5, 0.6) is 0 Å². The van der Waals surface area contributed by atoms with Crippen LogP contribution in [0.2, 0.25) is 0 Å². The first-order chi connectivity index (χ1) is 8.83. The quantitative estimate of drug-likeness (QED) is 0.782. The molecule has 4 nitrogen and oxygen atoms in total. The predicted molar refractivity (Wildman–Crippen MR) is 73.7 cm³/mol. The van der Waals surface area contributed by atoms with Gasteiger partial charge in [0.05, 0.1) is 12.7 Å². The molecular weight excluding hydrogens is 244 g/mol. The second-order valence-electron chi connectivity index (χ2n) is 4.00. The summed E-state index contributed by atoms with van der Waals surface area (Å²) in [5.41, 5.74) is 0. The fourth-order valence-corrected chi connectivity index (χ4v) is 2.53. The number of nitrogens with zero attached hydrogens (tertiary/aromatic N) is 3. The minimum absolute atomic E-state index is 0.682. The maximum atomic E-state index is 4.32. The Bertz CT molecular complexity index is 672. The third-order valence-electron chi connectivity index (χ3n) is 2.65. The van der Waals surface area contributed by atoms with Crippen molar-refractivity contribution in [3.8, 4) is 0 Å². The van der Waals surface area contributed by atoms with E-state index in [0.29, 0.717) is 6.54 Å². The van der Waals surface area contributed by atoms with Gasteiger partial charge in [0.25, 0.3) is 0 Å². The van der Waals surface area contributed by atoms with Crippen molar-refractivity contribution in [3.05, 3.63) is 46.5 Å². The Labute approximate surface area is 109 Å². The lowest BCUT2D eigenvalue weighted by atomic mass is 10.2.